The molecule has 86 valence electrons. The van der Waals surface area contributed by atoms with Gasteiger partial charge < -0.3 is 9.80 Å². The molecule has 0 radical (unpaired) electrons. The van der Waals surface area contributed by atoms with Crippen LogP contribution in [0.4, 0.5) is 5.69 Å². The van der Waals surface area contributed by atoms with Crippen LogP contribution in [0.3, 0.4) is 0 Å². The number of hydrogen-bond donors (Lipinski definition) is 0. The van der Waals surface area contributed by atoms with Gasteiger partial charge in [0.15, 0.2) is 0 Å². The summed E-state index contributed by atoms with van der Waals surface area (Å²) in [6.45, 7) is 7.22. The third kappa shape index (κ3) is 1.71. The zero-order chi connectivity index (χ0) is 11.1. The molecule has 2 aliphatic heterocycles. The van der Waals surface area contributed by atoms with Gasteiger partial charge in [0, 0.05) is 31.9 Å². The van der Waals surface area contributed by atoms with Crippen molar-refractivity contribution >= 4 is 5.69 Å². The van der Waals surface area contributed by atoms with Gasteiger partial charge >= 0.3 is 0 Å². The van der Waals surface area contributed by atoms with Gasteiger partial charge in [-0.3, -0.25) is 0 Å². The van der Waals surface area contributed by atoms with Crippen molar-refractivity contribution in [2.24, 2.45) is 11.8 Å². The number of benzene rings is 1. The van der Waals surface area contributed by atoms with Crippen molar-refractivity contribution in [3.05, 3.63) is 29.8 Å². The van der Waals surface area contributed by atoms with E-state index in [1.165, 1.54) is 37.4 Å². The fraction of sp³-hybridized carbons (Fsp3) is 0.571. The molecule has 0 amide bonds. The van der Waals surface area contributed by atoms with Crippen molar-refractivity contribution < 1.29 is 0 Å². The van der Waals surface area contributed by atoms with Crippen molar-refractivity contribution in [1.29, 1.82) is 0 Å². The maximum Gasteiger partial charge on any atom is 0.0366 e. The lowest BCUT2D eigenvalue weighted by Crippen LogP contribution is -2.26. The van der Waals surface area contributed by atoms with Crippen molar-refractivity contribution in [1.82, 2.24) is 4.90 Å². The van der Waals surface area contributed by atoms with E-state index in [0.29, 0.717) is 0 Å². The van der Waals surface area contributed by atoms with Crippen LogP contribution in [0.2, 0.25) is 0 Å². The number of nitrogens with zero attached hydrogens (tertiary/aromatic N) is 2. The molecule has 0 aliphatic carbocycles. The Hall–Kier alpha value is -1.02. The van der Waals surface area contributed by atoms with Crippen molar-refractivity contribution in [3.8, 4) is 0 Å². The molecule has 1 aromatic carbocycles. The van der Waals surface area contributed by atoms with E-state index in [0.717, 1.165) is 11.8 Å². The number of rotatable bonds is 1. The number of hydrogen-bond acceptors (Lipinski definition) is 2. The van der Waals surface area contributed by atoms with Crippen LogP contribution in [0.5, 0.6) is 0 Å². The molecule has 2 aliphatic rings. The Labute approximate surface area is 97.9 Å². The molecule has 0 aromatic heterocycles. The topological polar surface area (TPSA) is 6.48 Å². The number of fused-ring (bicyclic) bond motifs is 1. The molecule has 0 N–H and O–H groups in total. The molecule has 2 heterocycles. The first-order valence-corrected chi connectivity index (χ1v) is 6.22. The highest BCUT2D eigenvalue weighted by atomic mass is 15.2. The van der Waals surface area contributed by atoms with Gasteiger partial charge in [-0.15, -0.1) is 0 Å². The fourth-order valence-electron chi connectivity index (χ4n) is 3.19. The van der Waals surface area contributed by atoms with Gasteiger partial charge in [0.2, 0.25) is 0 Å². The van der Waals surface area contributed by atoms with Gasteiger partial charge in [-0.25, -0.2) is 0 Å². The number of aryl methyl sites for hydroxylation is 1. The van der Waals surface area contributed by atoms with Crippen LogP contribution in [0, 0.1) is 18.8 Å². The molecule has 16 heavy (non-hydrogen) atoms. The first-order chi connectivity index (χ1) is 7.72. The Kier molecular flexibility index (Phi) is 2.40. The molecule has 0 bridgehead atoms. The largest absolute Gasteiger partial charge is 0.371 e. The third-order valence-corrected chi connectivity index (χ3v) is 4.07. The molecule has 2 saturated heterocycles. The molecule has 2 fully saturated rings. The summed E-state index contributed by atoms with van der Waals surface area (Å²) < 4.78 is 0. The third-order valence-electron chi connectivity index (χ3n) is 4.07. The fourth-order valence-corrected chi connectivity index (χ4v) is 3.19. The molecular weight excluding hydrogens is 196 g/mol. The smallest absolute Gasteiger partial charge is 0.0366 e. The maximum atomic E-state index is 2.56. The summed E-state index contributed by atoms with van der Waals surface area (Å²) in [5, 5.41) is 0. The first-order valence-electron chi connectivity index (χ1n) is 6.22. The van der Waals surface area contributed by atoms with E-state index in [1.54, 1.807) is 0 Å². The lowest BCUT2D eigenvalue weighted by Gasteiger charge is -2.21. The molecule has 1 aromatic rings. The van der Waals surface area contributed by atoms with E-state index < -0.39 is 0 Å². The second-order valence-corrected chi connectivity index (χ2v) is 5.48. The van der Waals surface area contributed by atoms with Crippen molar-refractivity contribution in [2.45, 2.75) is 6.92 Å². The van der Waals surface area contributed by atoms with E-state index >= 15 is 0 Å². The van der Waals surface area contributed by atoms with E-state index in [-0.39, 0.29) is 0 Å². The Morgan fingerprint density at radius 1 is 0.938 bits per heavy atom. The highest BCUT2D eigenvalue weighted by Gasteiger charge is 2.38. The molecule has 3 rings (SSSR count). The molecule has 0 spiro atoms. The molecule has 2 heteroatoms. The van der Waals surface area contributed by atoms with Crippen LogP contribution in [-0.4, -0.2) is 38.1 Å². The average Bonchev–Trinajstić information content (AvgIpc) is 2.75. The van der Waals surface area contributed by atoms with Crippen LogP contribution in [0.25, 0.3) is 0 Å². The zero-order valence-electron chi connectivity index (χ0n) is 10.2. The van der Waals surface area contributed by atoms with E-state index in [2.05, 4.69) is 48.0 Å². The summed E-state index contributed by atoms with van der Waals surface area (Å²) in [6, 6.07) is 8.96. The van der Waals surface area contributed by atoms with Gasteiger partial charge in [0.05, 0.1) is 0 Å². The number of anilines is 1. The van der Waals surface area contributed by atoms with E-state index in [1.807, 2.05) is 0 Å². The first kappa shape index (κ1) is 10.2. The van der Waals surface area contributed by atoms with E-state index in [4.69, 9.17) is 0 Å². The van der Waals surface area contributed by atoms with Crippen molar-refractivity contribution in [2.75, 3.05) is 38.1 Å². The quantitative estimate of drug-likeness (QED) is 0.708. The minimum atomic E-state index is 0.895. The van der Waals surface area contributed by atoms with Crippen LogP contribution >= 0.6 is 0 Å². The minimum Gasteiger partial charge on any atom is -0.371 e. The SMILES string of the molecule is Cc1ccc(N2CC3CN(C)CC3C2)cc1. The Balaban J connectivity index is 1.73. The van der Waals surface area contributed by atoms with Crippen LogP contribution in [0.15, 0.2) is 24.3 Å². The van der Waals surface area contributed by atoms with Crippen LogP contribution in [-0.2, 0) is 0 Å². The summed E-state index contributed by atoms with van der Waals surface area (Å²) >= 11 is 0. The molecule has 2 unspecified atom stereocenters. The van der Waals surface area contributed by atoms with Gasteiger partial charge in [-0.2, -0.15) is 0 Å². The molecular formula is C14H20N2. The lowest BCUT2D eigenvalue weighted by molar-refractivity contribution is 0.387. The standard InChI is InChI=1S/C14H20N2/c1-11-3-5-14(6-4-11)16-9-12-7-15(2)8-13(12)10-16/h3-6,12-13H,7-10H2,1-2H3. The van der Waals surface area contributed by atoms with Gasteiger partial charge in [-0.1, -0.05) is 17.7 Å². The minimum absolute atomic E-state index is 0.895. The average molecular weight is 216 g/mol. The summed E-state index contributed by atoms with van der Waals surface area (Å²) in [4.78, 5) is 5.03. The van der Waals surface area contributed by atoms with Gasteiger partial charge in [0.1, 0.15) is 0 Å². The van der Waals surface area contributed by atoms with Crippen molar-refractivity contribution in [3.63, 3.8) is 0 Å². The maximum absolute atomic E-state index is 2.56. The zero-order valence-corrected chi connectivity index (χ0v) is 10.2. The lowest BCUT2D eigenvalue weighted by atomic mass is 10.0. The molecule has 0 saturated carbocycles. The van der Waals surface area contributed by atoms with Crippen LogP contribution < -0.4 is 4.90 Å². The number of likely N-dealkylation sites (tertiary alicyclic amines) is 1. The highest BCUT2D eigenvalue weighted by Crippen LogP contribution is 2.33. The summed E-state index contributed by atoms with van der Waals surface area (Å²) in [5.41, 5.74) is 2.76. The van der Waals surface area contributed by atoms with Gasteiger partial charge in [-0.05, 0) is 37.9 Å². The Bertz CT molecular complexity index is 357. The monoisotopic (exact) mass is 216 g/mol. The van der Waals surface area contributed by atoms with Gasteiger partial charge in [0.25, 0.3) is 0 Å². The predicted octanol–water partition coefficient (Wildman–Crippen LogP) is 1.99. The second-order valence-electron chi connectivity index (χ2n) is 5.48. The Morgan fingerprint density at radius 2 is 1.50 bits per heavy atom. The summed E-state index contributed by atoms with van der Waals surface area (Å²) in [6.07, 6.45) is 0. The van der Waals surface area contributed by atoms with Crippen LogP contribution in [0.1, 0.15) is 5.56 Å². The molecule has 2 atom stereocenters. The van der Waals surface area contributed by atoms with E-state index in [9.17, 15) is 0 Å². The highest BCUT2D eigenvalue weighted by molar-refractivity contribution is 5.48. The Morgan fingerprint density at radius 3 is 2.06 bits per heavy atom. The second kappa shape index (κ2) is 3.77. The summed E-state index contributed by atoms with van der Waals surface area (Å²) in [5.74, 6) is 1.79. The molecule has 2 nitrogen and oxygen atoms in total. The predicted molar refractivity (Wildman–Crippen MR) is 67.9 cm³/mol. The normalized spacial score (nSPS) is 29.8. The summed E-state index contributed by atoms with van der Waals surface area (Å²) in [7, 11) is 2.24.